The fraction of sp³-hybridized carbons (Fsp3) is 0.682. The van der Waals surface area contributed by atoms with E-state index in [2.05, 4.69) is 36.4 Å². The van der Waals surface area contributed by atoms with Crippen molar-refractivity contribution >= 4 is 11.6 Å². The van der Waals surface area contributed by atoms with Crippen molar-refractivity contribution in [1.82, 2.24) is 5.32 Å². The molecule has 1 aromatic rings. The Morgan fingerprint density at radius 1 is 1.29 bits per heavy atom. The lowest BCUT2D eigenvalue weighted by atomic mass is 9.78. The molecule has 1 heterocycles. The Hall–Kier alpha value is -1.79. The van der Waals surface area contributed by atoms with Crippen LogP contribution in [0.1, 0.15) is 40.0 Å². The smallest absolute Gasteiger partial charge is 0.195 e. The van der Waals surface area contributed by atoms with Crippen molar-refractivity contribution in [3.8, 4) is 5.75 Å². The van der Waals surface area contributed by atoms with Gasteiger partial charge in [-0.25, -0.2) is 0 Å². The summed E-state index contributed by atoms with van der Waals surface area (Å²) < 4.78 is 16.9. The Kier molecular flexibility index (Phi) is 9.06. The molecule has 6 heteroatoms. The van der Waals surface area contributed by atoms with E-state index >= 15 is 0 Å². The van der Waals surface area contributed by atoms with Crippen LogP contribution < -0.4 is 15.4 Å². The highest BCUT2D eigenvalue weighted by atomic mass is 16.5. The average Bonchev–Trinajstić information content (AvgIpc) is 2.68. The molecule has 1 aromatic carbocycles. The third kappa shape index (κ3) is 7.32. The van der Waals surface area contributed by atoms with Gasteiger partial charge in [-0.05, 0) is 30.4 Å². The van der Waals surface area contributed by atoms with Crippen molar-refractivity contribution in [2.75, 3.05) is 45.8 Å². The van der Waals surface area contributed by atoms with Gasteiger partial charge in [-0.3, -0.25) is 4.99 Å². The van der Waals surface area contributed by atoms with E-state index in [4.69, 9.17) is 14.2 Å². The maximum atomic E-state index is 6.08. The molecule has 1 aliphatic rings. The molecule has 28 heavy (non-hydrogen) atoms. The topological polar surface area (TPSA) is 64.1 Å². The summed E-state index contributed by atoms with van der Waals surface area (Å²) in [7, 11) is 3.49. The Labute approximate surface area is 170 Å². The summed E-state index contributed by atoms with van der Waals surface area (Å²) in [4.78, 5) is 4.37. The predicted molar refractivity (Wildman–Crippen MR) is 115 cm³/mol. The van der Waals surface area contributed by atoms with Crippen molar-refractivity contribution in [3.05, 3.63) is 24.3 Å². The Balaban J connectivity index is 1.88. The van der Waals surface area contributed by atoms with Crippen LogP contribution in [0.2, 0.25) is 0 Å². The minimum atomic E-state index is 0.137. The molecule has 1 aliphatic heterocycles. The van der Waals surface area contributed by atoms with E-state index in [1.807, 2.05) is 24.3 Å². The molecule has 158 valence electrons. The van der Waals surface area contributed by atoms with Gasteiger partial charge in [0.2, 0.25) is 0 Å². The molecule has 0 saturated carbocycles. The summed E-state index contributed by atoms with van der Waals surface area (Å²) in [5, 5.41) is 6.83. The van der Waals surface area contributed by atoms with Gasteiger partial charge < -0.3 is 24.8 Å². The highest BCUT2D eigenvalue weighted by Crippen LogP contribution is 2.33. The highest BCUT2D eigenvalue weighted by molar-refractivity contribution is 5.93. The number of nitrogens with one attached hydrogen (secondary N) is 2. The number of methoxy groups -OCH3 is 1. The van der Waals surface area contributed by atoms with Crippen molar-refractivity contribution in [3.63, 3.8) is 0 Å². The first-order valence-corrected chi connectivity index (χ1v) is 10.2. The highest BCUT2D eigenvalue weighted by Gasteiger charge is 2.35. The lowest BCUT2D eigenvalue weighted by Crippen LogP contribution is -2.46. The summed E-state index contributed by atoms with van der Waals surface area (Å²) in [6, 6.07) is 7.94. The number of guanidine groups is 1. The zero-order chi connectivity index (χ0) is 20.4. The van der Waals surface area contributed by atoms with Crippen LogP contribution in [0.25, 0.3) is 0 Å². The molecule has 0 aliphatic carbocycles. The first-order chi connectivity index (χ1) is 13.4. The summed E-state index contributed by atoms with van der Waals surface area (Å²) in [5.41, 5.74) is 1.09. The van der Waals surface area contributed by atoms with Crippen molar-refractivity contribution in [1.29, 1.82) is 0 Å². The second-order valence-electron chi connectivity index (χ2n) is 8.36. The van der Waals surface area contributed by atoms with Gasteiger partial charge in [0.05, 0.1) is 12.7 Å². The lowest BCUT2D eigenvalue weighted by molar-refractivity contribution is -0.0835. The van der Waals surface area contributed by atoms with Gasteiger partial charge >= 0.3 is 0 Å². The van der Waals surface area contributed by atoms with Crippen molar-refractivity contribution in [2.45, 2.75) is 46.1 Å². The summed E-state index contributed by atoms with van der Waals surface area (Å²) in [6.45, 7) is 9.80. The minimum absolute atomic E-state index is 0.137. The number of nitrogens with zero attached hydrogens (tertiary/aromatic N) is 1. The van der Waals surface area contributed by atoms with Crippen LogP contribution >= 0.6 is 0 Å². The van der Waals surface area contributed by atoms with Crippen LogP contribution in [0.3, 0.4) is 0 Å². The number of rotatable bonds is 8. The Morgan fingerprint density at radius 3 is 2.82 bits per heavy atom. The second-order valence-corrected chi connectivity index (χ2v) is 8.36. The fourth-order valence-corrected chi connectivity index (χ4v) is 3.61. The van der Waals surface area contributed by atoms with E-state index in [-0.39, 0.29) is 11.5 Å². The number of hydrogen-bond acceptors (Lipinski definition) is 4. The average molecular weight is 392 g/mol. The molecular weight excluding hydrogens is 354 g/mol. The molecule has 0 spiro atoms. The van der Waals surface area contributed by atoms with E-state index < -0.39 is 0 Å². The van der Waals surface area contributed by atoms with Crippen LogP contribution in [0.15, 0.2) is 29.3 Å². The molecule has 0 radical (unpaired) electrons. The zero-order valence-electron chi connectivity index (χ0n) is 18.1. The van der Waals surface area contributed by atoms with E-state index in [0.29, 0.717) is 19.1 Å². The Bertz CT molecular complexity index is 613. The van der Waals surface area contributed by atoms with Gasteiger partial charge in [0.15, 0.2) is 5.96 Å². The van der Waals surface area contributed by atoms with Crippen molar-refractivity contribution in [2.24, 2.45) is 16.3 Å². The van der Waals surface area contributed by atoms with Crippen LogP contribution in [-0.2, 0) is 9.47 Å². The summed E-state index contributed by atoms with van der Waals surface area (Å²) in [6.07, 6.45) is 3.43. The normalized spacial score (nSPS) is 20.7. The maximum absolute atomic E-state index is 6.08. The van der Waals surface area contributed by atoms with Crippen molar-refractivity contribution < 1.29 is 14.2 Å². The van der Waals surface area contributed by atoms with E-state index in [9.17, 15) is 0 Å². The molecule has 1 saturated heterocycles. The molecular formula is C22H37N3O3. The maximum Gasteiger partial charge on any atom is 0.195 e. The molecule has 1 fully saturated rings. The first kappa shape index (κ1) is 22.5. The SMILES string of the molecule is CN=C(NCC1CCCOC1C(C)(C)C)Nc1cccc(OCCCOC)c1. The summed E-state index contributed by atoms with van der Waals surface area (Å²) >= 11 is 0. The quantitative estimate of drug-likeness (QED) is 0.399. The third-order valence-electron chi connectivity index (χ3n) is 4.91. The molecule has 0 bridgehead atoms. The predicted octanol–water partition coefficient (Wildman–Crippen LogP) is 3.93. The van der Waals surface area contributed by atoms with Gasteiger partial charge in [0.25, 0.3) is 0 Å². The number of ether oxygens (including phenoxy) is 3. The third-order valence-corrected chi connectivity index (χ3v) is 4.91. The zero-order valence-corrected chi connectivity index (χ0v) is 18.1. The molecule has 6 nitrogen and oxygen atoms in total. The van der Waals surface area contributed by atoms with Gasteiger partial charge in [0.1, 0.15) is 5.75 Å². The fourth-order valence-electron chi connectivity index (χ4n) is 3.61. The van der Waals surface area contributed by atoms with Crippen LogP contribution in [0, 0.1) is 11.3 Å². The molecule has 2 rings (SSSR count). The van der Waals surface area contributed by atoms with Crippen LogP contribution in [-0.4, -0.2) is 52.6 Å². The molecule has 0 amide bonds. The largest absolute Gasteiger partial charge is 0.493 e. The number of aliphatic imine (C=N–C) groups is 1. The lowest BCUT2D eigenvalue weighted by Gasteiger charge is -2.40. The number of anilines is 1. The minimum Gasteiger partial charge on any atom is -0.493 e. The number of benzene rings is 1. The van der Waals surface area contributed by atoms with Crippen LogP contribution in [0.5, 0.6) is 5.75 Å². The van der Waals surface area contributed by atoms with E-state index in [0.717, 1.165) is 43.4 Å². The molecule has 2 N–H and O–H groups in total. The summed E-state index contributed by atoms with van der Waals surface area (Å²) in [5.74, 6) is 2.07. The Morgan fingerprint density at radius 2 is 2.11 bits per heavy atom. The van der Waals surface area contributed by atoms with Gasteiger partial charge in [-0.15, -0.1) is 0 Å². The molecule has 2 unspecified atom stereocenters. The van der Waals surface area contributed by atoms with E-state index in [1.54, 1.807) is 14.2 Å². The van der Waals surface area contributed by atoms with Gasteiger partial charge in [-0.2, -0.15) is 0 Å². The first-order valence-electron chi connectivity index (χ1n) is 10.2. The monoisotopic (exact) mass is 391 g/mol. The standard InChI is InChI=1S/C22H37N3O3/c1-22(2,3)20-17(9-7-13-28-20)16-24-21(23-4)25-18-10-6-11-19(15-18)27-14-8-12-26-5/h6,10-11,15,17,20H,7-9,12-14,16H2,1-5H3,(H2,23,24,25). The molecule has 0 aromatic heterocycles. The molecule has 2 atom stereocenters. The van der Waals surface area contributed by atoms with Gasteiger partial charge in [-0.1, -0.05) is 26.8 Å². The van der Waals surface area contributed by atoms with Gasteiger partial charge in [0, 0.05) is 58.0 Å². The number of hydrogen-bond donors (Lipinski definition) is 2. The van der Waals surface area contributed by atoms with Crippen LogP contribution in [0.4, 0.5) is 5.69 Å². The second kappa shape index (κ2) is 11.3. The van der Waals surface area contributed by atoms with E-state index in [1.165, 1.54) is 6.42 Å².